The van der Waals surface area contributed by atoms with E-state index in [0.717, 1.165) is 19.5 Å². The van der Waals surface area contributed by atoms with Crippen LogP contribution in [0.1, 0.15) is 54.4 Å². The second-order valence-electron chi connectivity index (χ2n) is 6.13. The van der Waals surface area contributed by atoms with Gasteiger partial charge in [0.05, 0.1) is 0 Å². The number of nitrogens with one attached hydrogen (secondary N) is 2. The van der Waals surface area contributed by atoms with Crippen LogP contribution >= 0.6 is 0 Å². The summed E-state index contributed by atoms with van der Waals surface area (Å²) in [5.74, 6) is 0.745. The molecule has 0 radical (unpaired) electrons. The van der Waals surface area contributed by atoms with E-state index < -0.39 is 0 Å². The van der Waals surface area contributed by atoms with Crippen molar-refractivity contribution in [2.24, 2.45) is 11.3 Å². The third kappa shape index (κ3) is 8.19. The fourth-order valence-electron chi connectivity index (χ4n) is 1.26. The van der Waals surface area contributed by atoms with E-state index in [1.165, 1.54) is 0 Å². The summed E-state index contributed by atoms with van der Waals surface area (Å²) in [4.78, 5) is 11.6. The molecule has 0 atom stereocenters. The molecule has 102 valence electrons. The predicted octanol–water partition coefficient (Wildman–Crippen LogP) is 2.56. The highest BCUT2D eigenvalue weighted by Gasteiger charge is 2.22. The van der Waals surface area contributed by atoms with Gasteiger partial charge in [-0.25, -0.2) is 0 Å². The van der Waals surface area contributed by atoms with Crippen LogP contribution in [-0.2, 0) is 4.79 Å². The van der Waals surface area contributed by atoms with Gasteiger partial charge in [0.2, 0.25) is 5.91 Å². The molecule has 0 saturated carbocycles. The summed E-state index contributed by atoms with van der Waals surface area (Å²) in [7, 11) is 0. The van der Waals surface area contributed by atoms with Crippen LogP contribution in [0.3, 0.4) is 0 Å². The van der Waals surface area contributed by atoms with Crippen molar-refractivity contribution in [3.05, 3.63) is 0 Å². The van der Waals surface area contributed by atoms with E-state index in [9.17, 15) is 4.79 Å². The number of carbonyl (C=O) groups is 1. The van der Waals surface area contributed by atoms with Crippen molar-refractivity contribution in [3.63, 3.8) is 0 Å². The van der Waals surface area contributed by atoms with E-state index in [4.69, 9.17) is 0 Å². The Labute approximate surface area is 107 Å². The molecule has 3 heteroatoms. The van der Waals surface area contributed by atoms with E-state index in [1.807, 2.05) is 0 Å². The summed E-state index contributed by atoms with van der Waals surface area (Å²) >= 11 is 0. The lowest BCUT2D eigenvalue weighted by Crippen LogP contribution is -2.37. The van der Waals surface area contributed by atoms with Crippen LogP contribution in [0.15, 0.2) is 0 Å². The summed E-state index contributed by atoms with van der Waals surface area (Å²) in [5.41, 5.74) is 0.172. The van der Waals surface area contributed by atoms with Gasteiger partial charge in [0.1, 0.15) is 0 Å². The van der Waals surface area contributed by atoms with Crippen molar-refractivity contribution < 1.29 is 4.79 Å². The van der Waals surface area contributed by atoms with E-state index in [1.54, 1.807) is 0 Å². The van der Waals surface area contributed by atoms with Gasteiger partial charge in [0.15, 0.2) is 0 Å². The molecule has 3 nitrogen and oxygen atoms in total. The zero-order valence-electron chi connectivity index (χ0n) is 12.4. The first-order valence-corrected chi connectivity index (χ1v) is 6.76. The molecule has 1 amide bonds. The normalized spacial score (nSPS) is 12.2. The number of hydrogen-bond acceptors (Lipinski definition) is 2. The van der Waals surface area contributed by atoms with Crippen LogP contribution < -0.4 is 10.6 Å². The van der Waals surface area contributed by atoms with Crippen molar-refractivity contribution in [1.82, 2.24) is 10.6 Å². The molecule has 0 fully saturated rings. The topological polar surface area (TPSA) is 41.1 Å². The fraction of sp³-hybridized carbons (Fsp3) is 0.929. The molecule has 0 rings (SSSR count). The zero-order chi connectivity index (χ0) is 13.5. The number of rotatable bonds is 8. The summed E-state index contributed by atoms with van der Waals surface area (Å²) < 4.78 is 0. The lowest BCUT2D eigenvalue weighted by atomic mass is 9.81. The minimum atomic E-state index is 0.171. The number of hydrogen-bond donors (Lipinski definition) is 2. The van der Waals surface area contributed by atoms with E-state index in [-0.39, 0.29) is 11.3 Å². The van der Waals surface area contributed by atoms with Gasteiger partial charge in [-0.1, -0.05) is 41.5 Å². The van der Waals surface area contributed by atoms with Gasteiger partial charge in [0.25, 0.3) is 0 Å². The monoisotopic (exact) mass is 242 g/mol. The Bertz CT molecular complexity index is 222. The summed E-state index contributed by atoms with van der Waals surface area (Å²) in [5, 5.41) is 6.34. The molecular weight excluding hydrogens is 212 g/mol. The Hall–Kier alpha value is -0.570. The van der Waals surface area contributed by atoms with Gasteiger partial charge in [-0.2, -0.15) is 0 Å². The molecule has 0 aliphatic carbocycles. The first kappa shape index (κ1) is 16.4. The molecule has 0 aromatic rings. The molecule has 0 unspecified atom stereocenters. The maximum atomic E-state index is 11.6. The Morgan fingerprint density at radius 1 is 1.18 bits per heavy atom. The van der Waals surface area contributed by atoms with Crippen molar-refractivity contribution in [3.8, 4) is 0 Å². The van der Waals surface area contributed by atoms with Gasteiger partial charge < -0.3 is 10.6 Å². The van der Waals surface area contributed by atoms with Gasteiger partial charge in [0, 0.05) is 19.0 Å². The summed E-state index contributed by atoms with van der Waals surface area (Å²) in [6.07, 6.45) is 1.53. The van der Waals surface area contributed by atoms with Gasteiger partial charge in [-0.3, -0.25) is 4.79 Å². The lowest BCUT2D eigenvalue weighted by Gasteiger charge is -2.29. The maximum Gasteiger partial charge on any atom is 0.220 e. The first-order chi connectivity index (χ1) is 7.75. The van der Waals surface area contributed by atoms with Crippen LogP contribution in [0.4, 0.5) is 0 Å². The molecule has 0 aromatic heterocycles. The lowest BCUT2D eigenvalue weighted by molar-refractivity contribution is -0.121. The average molecular weight is 242 g/mol. The van der Waals surface area contributed by atoms with Crippen molar-refractivity contribution >= 4 is 5.91 Å². The maximum absolute atomic E-state index is 11.6. The van der Waals surface area contributed by atoms with Crippen LogP contribution in [0.25, 0.3) is 0 Å². The van der Waals surface area contributed by atoms with Gasteiger partial charge in [-0.05, 0) is 24.3 Å². The minimum Gasteiger partial charge on any atom is -0.356 e. The summed E-state index contributed by atoms with van der Waals surface area (Å²) in [6, 6.07) is 0.498. The Morgan fingerprint density at radius 3 is 2.24 bits per heavy atom. The molecule has 17 heavy (non-hydrogen) atoms. The van der Waals surface area contributed by atoms with Crippen LogP contribution in [0.5, 0.6) is 0 Å². The molecule has 0 aliphatic heterocycles. The smallest absolute Gasteiger partial charge is 0.220 e. The van der Waals surface area contributed by atoms with Crippen molar-refractivity contribution in [2.45, 2.75) is 60.4 Å². The van der Waals surface area contributed by atoms with E-state index >= 15 is 0 Å². The molecule has 2 N–H and O–H groups in total. The zero-order valence-corrected chi connectivity index (χ0v) is 12.4. The second kappa shape index (κ2) is 7.70. The largest absolute Gasteiger partial charge is 0.356 e. The first-order valence-electron chi connectivity index (χ1n) is 6.76. The summed E-state index contributed by atoms with van der Waals surface area (Å²) in [6.45, 7) is 14.7. The fourth-order valence-corrected chi connectivity index (χ4v) is 1.26. The quantitative estimate of drug-likeness (QED) is 0.642. The molecule has 0 aliphatic rings. The second-order valence-corrected chi connectivity index (χ2v) is 6.13. The SMILES string of the molecule is CC(C)NCCCC(=O)NCC(C)(C)C(C)C. The van der Waals surface area contributed by atoms with Crippen LogP contribution in [0, 0.1) is 11.3 Å². The van der Waals surface area contributed by atoms with Crippen LogP contribution in [-0.4, -0.2) is 25.0 Å². The molecule has 0 heterocycles. The third-order valence-electron chi connectivity index (χ3n) is 3.44. The standard InChI is InChI=1S/C14H30N2O/c1-11(2)14(5,6)10-16-13(17)8-7-9-15-12(3)4/h11-12,15H,7-10H2,1-6H3,(H,16,17). The van der Waals surface area contributed by atoms with Gasteiger partial charge >= 0.3 is 0 Å². The molecule has 0 bridgehead atoms. The Kier molecular flexibility index (Phi) is 7.44. The molecular formula is C14H30N2O. The highest BCUT2D eigenvalue weighted by molar-refractivity contribution is 5.75. The minimum absolute atomic E-state index is 0.171. The van der Waals surface area contributed by atoms with Crippen LogP contribution in [0.2, 0.25) is 0 Å². The molecule has 0 aromatic carbocycles. The van der Waals surface area contributed by atoms with E-state index in [2.05, 4.69) is 52.2 Å². The van der Waals surface area contributed by atoms with Crippen molar-refractivity contribution in [2.75, 3.05) is 13.1 Å². The number of amides is 1. The highest BCUT2D eigenvalue weighted by Crippen LogP contribution is 2.24. The average Bonchev–Trinajstić information content (AvgIpc) is 2.21. The highest BCUT2D eigenvalue weighted by atomic mass is 16.1. The molecule has 0 spiro atoms. The number of carbonyl (C=O) groups excluding carboxylic acids is 1. The van der Waals surface area contributed by atoms with Crippen molar-refractivity contribution in [1.29, 1.82) is 0 Å². The van der Waals surface area contributed by atoms with E-state index in [0.29, 0.717) is 18.4 Å². The predicted molar refractivity (Wildman–Crippen MR) is 74.0 cm³/mol. The van der Waals surface area contributed by atoms with Gasteiger partial charge in [-0.15, -0.1) is 0 Å². The third-order valence-corrected chi connectivity index (χ3v) is 3.44. The Morgan fingerprint density at radius 2 is 1.76 bits per heavy atom. The molecule has 0 saturated heterocycles. The Balaban J connectivity index is 3.67.